The van der Waals surface area contributed by atoms with E-state index < -0.39 is 11.9 Å². The Morgan fingerprint density at radius 2 is 2.21 bits per heavy atom. The summed E-state index contributed by atoms with van der Waals surface area (Å²) in [5.74, 6) is -1.56. The maximum absolute atomic E-state index is 11.1. The Kier molecular flexibility index (Phi) is 4.11. The largest absolute Gasteiger partial charge is 0.481 e. The van der Waals surface area contributed by atoms with Gasteiger partial charge in [0.2, 0.25) is 5.91 Å². The number of imidazole rings is 1. The highest BCUT2D eigenvalue weighted by molar-refractivity contribution is 9.10. The molecule has 6 nitrogen and oxygen atoms in total. The number of rotatable bonds is 5. The molecular weight excluding hydrogens is 334 g/mol. The van der Waals surface area contributed by atoms with Crippen LogP contribution in [-0.2, 0) is 16.1 Å². The zero-order chi connectivity index (χ0) is 14.0. The minimum atomic E-state index is -0.941. The smallest absolute Gasteiger partial charge is 0.313 e. The van der Waals surface area contributed by atoms with Crippen molar-refractivity contribution in [2.24, 2.45) is 5.73 Å². The molecule has 0 bridgehead atoms. The van der Waals surface area contributed by atoms with E-state index in [4.69, 9.17) is 10.8 Å². The Hall–Kier alpha value is -1.54. The lowest BCUT2D eigenvalue weighted by Crippen LogP contribution is -2.19. The molecule has 1 amide bonds. The van der Waals surface area contributed by atoms with Gasteiger partial charge in [-0.25, -0.2) is 4.98 Å². The van der Waals surface area contributed by atoms with Crippen LogP contribution in [0.1, 0.15) is 0 Å². The Labute approximate surface area is 121 Å². The topological polar surface area (TPSA) is 98.2 Å². The number of hydrogen-bond donors (Lipinski definition) is 2. The van der Waals surface area contributed by atoms with Crippen molar-refractivity contribution in [2.75, 3.05) is 5.75 Å². The molecule has 0 radical (unpaired) electrons. The summed E-state index contributed by atoms with van der Waals surface area (Å²) >= 11 is 4.40. The summed E-state index contributed by atoms with van der Waals surface area (Å²) in [6, 6.07) is 5.44. The molecule has 2 rings (SSSR count). The summed E-state index contributed by atoms with van der Waals surface area (Å²) in [6.45, 7) is -0.0277. The molecule has 2 aromatic rings. The van der Waals surface area contributed by atoms with Gasteiger partial charge in [0, 0.05) is 4.47 Å². The van der Waals surface area contributed by atoms with Gasteiger partial charge >= 0.3 is 5.97 Å². The first-order valence-corrected chi connectivity index (χ1v) is 7.04. The summed E-state index contributed by atoms with van der Waals surface area (Å²) in [4.78, 5) is 26.0. The second-order valence-electron chi connectivity index (χ2n) is 3.76. The number of amides is 1. The number of carboxylic acid groups (broad SMARTS) is 1. The van der Waals surface area contributed by atoms with Crippen molar-refractivity contribution in [1.29, 1.82) is 0 Å². The van der Waals surface area contributed by atoms with Crippen LogP contribution in [0, 0.1) is 0 Å². The standard InChI is InChI=1S/C11H10BrN3O3S/c12-6-1-2-8-7(3-6)14-11(19-5-10(17)18)15(8)4-9(13)16/h1-3H,4-5H2,(H2,13,16)(H,17,18). The van der Waals surface area contributed by atoms with Crippen molar-refractivity contribution in [3.05, 3.63) is 22.7 Å². The Morgan fingerprint density at radius 3 is 2.84 bits per heavy atom. The highest BCUT2D eigenvalue weighted by Crippen LogP contribution is 2.26. The van der Waals surface area contributed by atoms with E-state index in [1.54, 1.807) is 16.7 Å². The van der Waals surface area contributed by atoms with Crippen LogP contribution in [0.25, 0.3) is 11.0 Å². The van der Waals surface area contributed by atoms with E-state index >= 15 is 0 Å². The number of nitrogens with zero attached hydrogens (tertiary/aromatic N) is 2. The minimum Gasteiger partial charge on any atom is -0.481 e. The lowest BCUT2D eigenvalue weighted by Gasteiger charge is -2.05. The molecule has 0 aliphatic rings. The molecule has 0 atom stereocenters. The molecule has 1 aromatic heterocycles. The van der Waals surface area contributed by atoms with Gasteiger partial charge in [-0.3, -0.25) is 9.59 Å². The summed E-state index contributed by atoms with van der Waals surface area (Å²) in [5.41, 5.74) is 6.64. The highest BCUT2D eigenvalue weighted by atomic mass is 79.9. The van der Waals surface area contributed by atoms with E-state index in [1.807, 2.05) is 6.07 Å². The number of hydrogen-bond acceptors (Lipinski definition) is 4. The third kappa shape index (κ3) is 3.27. The molecule has 0 unspecified atom stereocenters. The summed E-state index contributed by atoms with van der Waals surface area (Å²) in [6.07, 6.45) is 0. The van der Waals surface area contributed by atoms with Gasteiger partial charge in [0.1, 0.15) is 6.54 Å². The van der Waals surface area contributed by atoms with Crippen molar-refractivity contribution < 1.29 is 14.7 Å². The van der Waals surface area contributed by atoms with Crippen molar-refractivity contribution in [3.63, 3.8) is 0 Å². The maximum Gasteiger partial charge on any atom is 0.313 e. The van der Waals surface area contributed by atoms with E-state index in [-0.39, 0.29) is 12.3 Å². The molecule has 100 valence electrons. The molecule has 0 aliphatic heterocycles. The van der Waals surface area contributed by atoms with Crippen LogP contribution in [0.5, 0.6) is 0 Å². The third-order valence-electron chi connectivity index (χ3n) is 2.31. The first kappa shape index (κ1) is 13.9. The molecule has 3 N–H and O–H groups in total. The van der Waals surface area contributed by atoms with Crippen molar-refractivity contribution >= 4 is 50.6 Å². The predicted molar refractivity (Wildman–Crippen MR) is 75.0 cm³/mol. The Bertz CT molecular complexity index is 656. The Morgan fingerprint density at radius 1 is 1.47 bits per heavy atom. The van der Waals surface area contributed by atoms with Crippen molar-refractivity contribution in [2.45, 2.75) is 11.7 Å². The lowest BCUT2D eigenvalue weighted by molar-refractivity contribution is -0.133. The number of benzene rings is 1. The van der Waals surface area contributed by atoms with Gasteiger partial charge in [-0.2, -0.15) is 0 Å². The van der Waals surface area contributed by atoms with Crippen LogP contribution in [-0.4, -0.2) is 32.3 Å². The number of aromatic nitrogens is 2. The first-order chi connectivity index (χ1) is 8.97. The van der Waals surface area contributed by atoms with Crippen LogP contribution in [0.15, 0.2) is 27.8 Å². The van der Waals surface area contributed by atoms with Crippen LogP contribution in [0.2, 0.25) is 0 Å². The molecule has 0 saturated carbocycles. The fourth-order valence-corrected chi connectivity index (χ4v) is 2.71. The van der Waals surface area contributed by atoms with Gasteiger partial charge in [0.25, 0.3) is 0 Å². The van der Waals surface area contributed by atoms with E-state index in [9.17, 15) is 9.59 Å². The predicted octanol–water partition coefficient (Wildman–Crippen LogP) is 1.46. The number of primary amides is 1. The highest BCUT2D eigenvalue weighted by Gasteiger charge is 2.14. The monoisotopic (exact) mass is 343 g/mol. The van der Waals surface area contributed by atoms with Crippen molar-refractivity contribution in [1.82, 2.24) is 9.55 Å². The van der Waals surface area contributed by atoms with Gasteiger partial charge in [-0.1, -0.05) is 27.7 Å². The van der Waals surface area contributed by atoms with Gasteiger partial charge in [-0.05, 0) is 18.2 Å². The van der Waals surface area contributed by atoms with Crippen LogP contribution < -0.4 is 5.73 Å². The second kappa shape index (κ2) is 5.62. The van der Waals surface area contributed by atoms with E-state index in [2.05, 4.69) is 20.9 Å². The summed E-state index contributed by atoms with van der Waals surface area (Å²) in [7, 11) is 0. The number of fused-ring (bicyclic) bond motifs is 1. The number of thioether (sulfide) groups is 1. The van der Waals surface area contributed by atoms with E-state index in [0.29, 0.717) is 10.7 Å². The van der Waals surface area contributed by atoms with E-state index in [0.717, 1.165) is 21.8 Å². The fraction of sp³-hybridized carbons (Fsp3) is 0.182. The number of carbonyl (C=O) groups is 2. The number of nitrogens with two attached hydrogens (primary N) is 1. The Balaban J connectivity index is 2.47. The first-order valence-electron chi connectivity index (χ1n) is 5.26. The molecule has 0 aliphatic carbocycles. The second-order valence-corrected chi connectivity index (χ2v) is 5.62. The summed E-state index contributed by atoms with van der Waals surface area (Å²) in [5, 5.41) is 9.18. The maximum atomic E-state index is 11.1. The molecule has 8 heteroatoms. The quantitative estimate of drug-likeness (QED) is 0.801. The summed E-state index contributed by atoms with van der Waals surface area (Å²) < 4.78 is 2.48. The fourth-order valence-electron chi connectivity index (χ4n) is 1.63. The van der Waals surface area contributed by atoms with E-state index in [1.165, 1.54) is 0 Å². The number of carbonyl (C=O) groups excluding carboxylic acids is 1. The van der Waals surface area contributed by atoms with Crippen LogP contribution in [0.4, 0.5) is 0 Å². The molecule has 19 heavy (non-hydrogen) atoms. The minimum absolute atomic E-state index is 0.0277. The number of carboxylic acids is 1. The lowest BCUT2D eigenvalue weighted by atomic mass is 10.3. The molecule has 0 spiro atoms. The molecular formula is C11H10BrN3O3S. The average Bonchev–Trinajstić information content (AvgIpc) is 2.63. The molecule has 1 heterocycles. The number of aliphatic carboxylic acids is 1. The average molecular weight is 344 g/mol. The van der Waals surface area contributed by atoms with Crippen LogP contribution >= 0.6 is 27.7 Å². The zero-order valence-corrected chi connectivity index (χ0v) is 12.1. The van der Waals surface area contributed by atoms with Gasteiger partial charge < -0.3 is 15.4 Å². The third-order valence-corrected chi connectivity index (χ3v) is 3.77. The SMILES string of the molecule is NC(=O)Cn1c(SCC(=O)O)nc2cc(Br)ccc21. The normalized spacial score (nSPS) is 10.8. The zero-order valence-electron chi connectivity index (χ0n) is 9.67. The molecule has 0 fully saturated rings. The molecule has 0 saturated heterocycles. The molecule has 1 aromatic carbocycles. The number of halogens is 1. The van der Waals surface area contributed by atoms with Gasteiger partial charge in [-0.15, -0.1) is 0 Å². The van der Waals surface area contributed by atoms with Crippen LogP contribution in [0.3, 0.4) is 0 Å². The van der Waals surface area contributed by atoms with Gasteiger partial charge in [0.15, 0.2) is 5.16 Å². The van der Waals surface area contributed by atoms with Gasteiger partial charge in [0.05, 0.1) is 16.8 Å². The van der Waals surface area contributed by atoms with Crippen molar-refractivity contribution in [3.8, 4) is 0 Å².